The van der Waals surface area contributed by atoms with Crippen LogP contribution in [0.25, 0.3) is 0 Å². The van der Waals surface area contributed by atoms with Crippen LogP contribution in [0.1, 0.15) is 25.8 Å². The maximum absolute atomic E-state index is 11.5. The van der Waals surface area contributed by atoms with E-state index in [2.05, 4.69) is 0 Å². The summed E-state index contributed by atoms with van der Waals surface area (Å²) in [6, 6.07) is 9.68. The van der Waals surface area contributed by atoms with Crippen LogP contribution in [0, 0.1) is 0 Å². The predicted octanol–water partition coefficient (Wildman–Crippen LogP) is 3.09. The molecule has 0 aromatic heterocycles. The van der Waals surface area contributed by atoms with Crippen LogP contribution in [0.15, 0.2) is 42.0 Å². The van der Waals surface area contributed by atoms with Crippen molar-refractivity contribution in [3.05, 3.63) is 47.5 Å². The van der Waals surface area contributed by atoms with Crippen LogP contribution in [0.2, 0.25) is 0 Å². The standard InChI is InChI=1S/C13H16O2/c1-3-12(4-2)13(14)15-10-11-8-6-5-7-9-11/h3,5-9H,4,10H2,1-2H3/b12-3-. The molecule has 0 radical (unpaired) electrons. The Labute approximate surface area is 90.6 Å². The first-order valence-corrected chi connectivity index (χ1v) is 5.14. The Morgan fingerprint density at radius 1 is 1.33 bits per heavy atom. The van der Waals surface area contributed by atoms with E-state index in [-0.39, 0.29) is 5.97 Å². The number of carbonyl (C=O) groups excluding carboxylic acids is 1. The highest BCUT2D eigenvalue weighted by Gasteiger charge is 2.07. The topological polar surface area (TPSA) is 26.3 Å². The van der Waals surface area contributed by atoms with Crippen molar-refractivity contribution in [2.24, 2.45) is 0 Å². The Morgan fingerprint density at radius 3 is 2.53 bits per heavy atom. The molecule has 0 aliphatic carbocycles. The van der Waals surface area contributed by atoms with Gasteiger partial charge in [0.15, 0.2) is 0 Å². The van der Waals surface area contributed by atoms with E-state index in [9.17, 15) is 4.79 Å². The lowest BCUT2D eigenvalue weighted by Crippen LogP contribution is -2.07. The van der Waals surface area contributed by atoms with E-state index in [0.29, 0.717) is 13.0 Å². The van der Waals surface area contributed by atoms with Gasteiger partial charge in [0.2, 0.25) is 0 Å². The molecule has 0 aliphatic heterocycles. The number of hydrogen-bond acceptors (Lipinski definition) is 2. The Balaban J connectivity index is 2.48. The first kappa shape index (κ1) is 11.5. The van der Waals surface area contributed by atoms with Crippen molar-refractivity contribution in [2.75, 3.05) is 0 Å². The van der Waals surface area contributed by atoms with Gasteiger partial charge in [-0.2, -0.15) is 0 Å². The maximum atomic E-state index is 11.5. The Morgan fingerprint density at radius 2 is 2.00 bits per heavy atom. The van der Waals surface area contributed by atoms with Gasteiger partial charge < -0.3 is 4.74 Å². The number of esters is 1. The van der Waals surface area contributed by atoms with E-state index in [1.807, 2.05) is 44.2 Å². The van der Waals surface area contributed by atoms with Crippen LogP contribution in [0.3, 0.4) is 0 Å². The van der Waals surface area contributed by atoms with Gasteiger partial charge in [-0.25, -0.2) is 4.79 Å². The molecule has 0 saturated heterocycles. The molecule has 1 aromatic rings. The molecule has 2 heteroatoms. The van der Waals surface area contributed by atoms with Crippen LogP contribution in [0.5, 0.6) is 0 Å². The van der Waals surface area contributed by atoms with Crippen LogP contribution in [-0.4, -0.2) is 5.97 Å². The van der Waals surface area contributed by atoms with E-state index in [1.165, 1.54) is 0 Å². The lowest BCUT2D eigenvalue weighted by molar-refractivity contribution is -0.140. The van der Waals surface area contributed by atoms with Gasteiger partial charge in [0.05, 0.1) is 0 Å². The molecular weight excluding hydrogens is 188 g/mol. The average Bonchev–Trinajstić information content (AvgIpc) is 2.29. The highest BCUT2D eigenvalue weighted by Crippen LogP contribution is 2.06. The largest absolute Gasteiger partial charge is 0.457 e. The second kappa shape index (κ2) is 6.02. The quantitative estimate of drug-likeness (QED) is 0.556. The fourth-order valence-corrected chi connectivity index (χ4v) is 1.28. The van der Waals surface area contributed by atoms with Crippen molar-refractivity contribution >= 4 is 5.97 Å². The molecule has 0 fully saturated rings. The minimum atomic E-state index is -0.219. The number of rotatable bonds is 4. The van der Waals surface area contributed by atoms with Crippen molar-refractivity contribution < 1.29 is 9.53 Å². The molecule has 0 N–H and O–H groups in total. The van der Waals surface area contributed by atoms with E-state index in [0.717, 1.165) is 11.1 Å². The SMILES string of the molecule is C/C=C(/CC)C(=O)OCc1ccccc1. The fraction of sp³-hybridized carbons (Fsp3) is 0.308. The number of allylic oxidation sites excluding steroid dienone is 1. The molecule has 1 aromatic carbocycles. The number of benzene rings is 1. The summed E-state index contributed by atoms with van der Waals surface area (Å²) in [5, 5.41) is 0. The van der Waals surface area contributed by atoms with Crippen molar-refractivity contribution in [1.82, 2.24) is 0 Å². The summed E-state index contributed by atoms with van der Waals surface area (Å²) in [4.78, 5) is 11.5. The van der Waals surface area contributed by atoms with Crippen LogP contribution >= 0.6 is 0 Å². The van der Waals surface area contributed by atoms with Gasteiger partial charge >= 0.3 is 5.97 Å². The summed E-state index contributed by atoms with van der Waals surface area (Å²) in [6.07, 6.45) is 2.51. The smallest absolute Gasteiger partial charge is 0.333 e. The molecule has 0 spiro atoms. The highest BCUT2D eigenvalue weighted by molar-refractivity contribution is 5.88. The van der Waals surface area contributed by atoms with Gasteiger partial charge in [-0.3, -0.25) is 0 Å². The zero-order valence-electron chi connectivity index (χ0n) is 9.19. The van der Waals surface area contributed by atoms with Gasteiger partial charge in [0.1, 0.15) is 6.61 Å². The third-order valence-corrected chi connectivity index (χ3v) is 2.20. The second-order valence-corrected chi connectivity index (χ2v) is 3.23. The minimum absolute atomic E-state index is 0.219. The molecule has 0 aliphatic rings. The molecular formula is C13H16O2. The molecule has 1 rings (SSSR count). The van der Waals surface area contributed by atoms with Gasteiger partial charge in [-0.15, -0.1) is 0 Å². The second-order valence-electron chi connectivity index (χ2n) is 3.23. The summed E-state index contributed by atoms with van der Waals surface area (Å²) >= 11 is 0. The number of ether oxygens (including phenoxy) is 1. The third-order valence-electron chi connectivity index (χ3n) is 2.20. The van der Waals surface area contributed by atoms with Gasteiger partial charge in [0, 0.05) is 5.57 Å². The summed E-state index contributed by atoms with van der Waals surface area (Å²) in [5.41, 5.74) is 1.74. The predicted molar refractivity (Wildman–Crippen MR) is 60.3 cm³/mol. The van der Waals surface area contributed by atoms with Crippen molar-refractivity contribution in [3.63, 3.8) is 0 Å². The highest BCUT2D eigenvalue weighted by atomic mass is 16.5. The van der Waals surface area contributed by atoms with Crippen LogP contribution in [0.4, 0.5) is 0 Å². The lowest BCUT2D eigenvalue weighted by atomic mass is 10.2. The molecule has 0 bridgehead atoms. The third kappa shape index (κ3) is 3.58. The Hall–Kier alpha value is -1.57. The molecule has 2 nitrogen and oxygen atoms in total. The monoisotopic (exact) mass is 204 g/mol. The summed E-state index contributed by atoms with van der Waals surface area (Å²) < 4.78 is 5.16. The molecule has 0 unspecified atom stereocenters. The summed E-state index contributed by atoms with van der Waals surface area (Å²) in [7, 11) is 0. The van der Waals surface area contributed by atoms with Gasteiger partial charge in [-0.1, -0.05) is 43.3 Å². The van der Waals surface area contributed by atoms with Gasteiger partial charge in [0.25, 0.3) is 0 Å². The molecule has 0 atom stereocenters. The number of carbonyl (C=O) groups is 1. The van der Waals surface area contributed by atoms with Crippen molar-refractivity contribution in [1.29, 1.82) is 0 Å². The van der Waals surface area contributed by atoms with E-state index < -0.39 is 0 Å². The number of hydrogen-bond donors (Lipinski definition) is 0. The molecule has 0 saturated carbocycles. The first-order chi connectivity index (χ1) is 7.27. The van der Waals surface area contributed by atoms with E-state index in [1.54, 1.807) is 6.08 Å². The van der Waals surface area contributed by atoms with Crippen LogP contribution in [-0.2, 0) is 16.1 Å². The molecule has 80 valence electrons. The van der Waals surface area contributed by atoms with Crippen LogP contribution < -0.4 is 0 Å². The summed E-state index contributed by atoms with van der Waals surface area (Å²) in [5.74, 6) is -0.219. The lowest BCUT2D eigenvalue weighted by Gasteiger charge is -2.05. The van der Waals surface area contributed by atoms with E-state index in [4.69, 9.17) is 4.74 Å². The molecule has 15 heavy (non-hydrogen) atoms. The van der Waals surface area contributed by atoms with Crippen molar-refractivity contribution in [3.8, 4) is 0 Å². The zero-order valence-corrected chi connectivity index (χ0v) is 9.19. The Kier molecular flexibility index (Phi) is 4.61. The maximum Gasteiger partial charge on any atom is 0.333 e. The fourth-order valence-electron chi connectivity index (χ4n) is 1.28. The summed E-state index contributed by atoms with van der Waals surface area (Å²) in [6.45, 7) is 4.14. The first-order valence-electron chi connectivity index (χ1n) is 5.14. The van der Waals surface area contributed by atoms with Crippen molar-refractivity contribution in [2.45, 2.75) is 26.9 Å². The average molecular weight is 204 g/mol. The molecule has 0 amide bonds. The normalized spacial score (nSPS) is 11.2. The minimum Gasteiger partial charge on any atom is -0.457 e. The molecule has 0 heterocycles. The van der Waals surface area contributed by atoms with Gasteiger partial charge in [-0.05, 0) is 18.9 Å². The zero-order chi connectivity index (χ0) is 11.1. The van der Waals surface area contributed by atoms with E-state index >= 15 is 0 Å². The Bertz CT molecular complexity index is 339.